The Morgan fingerprint density at radius 1 is 0.951 bits per heavy atom. The molecule has 2 aromatic carbocycles. The summed E-state index contributed by atoms with van der Waals surface area (Å²) in [6.45, 7) is 5.80. The van der Waals surface area contributed by atoms with E-state index in [1.54, 1.807) is 21.6 Å². The van der Waals surface area contributed by atoms with Gasteiger partial charge in [0.05, 0.1) is 16.6 Å². The maximum Gasteiger partial charge on any atom is 0.251 e. The Labute approximate surface area is 245 Å². The van der Waals surface area contributed by atoms with Crippen molar-refractivity contribution in [3.8, 4) is 0 Å². The maximum absolute atomic E-state index is 14.6. The molecule has 5 atom stereocenters. The third-order valence-electron chi connectivity index (χ3n) is 8.92. The van der Waals surface area contributed by atoms with E-state index < -0.39 is 22.6 Å². The van der Waals surface area contributed by atoms with Gasteiger partial charge in [0.2, 0.25) is 11.8 Å². The standard InChI is InChI=1S/C33H37N3O4S/c1-22-13-14-23(2)25(20-22)35-18-9-15-33-28(31(39)36(17-6-7-19-37)29(33)32(35)40)27-26(41-33)12-8-16-34(30(27)38)21-24-10-4-3-5-11-24/h3-5,8-15,20,26-29,37H,6-7,16-19,21H2,1-2H3/t26-,27+,28+,29?,33+/m1/s1. The van der Waals surface area contributed by atoms with Crippen LogP contribution < -0.4 is 4.90 Å². The van der Waals surface area contributed by atoms with Crippen LogP contribution in [0.4, 0.5) is 5.69 Å². The van der Waals surface area contributed by atoms with Crippen molar-refractivity contribution in [1.82, 2.24) is 9.80 Å². The summed E-state index contributed by atoms with van der Waals surface area (Å²) in [5.74, 6) is -1.45. The molecular weight excluding hydrogens is 534 g/mol. The van der Waals surface area contributed by atoms with Gasteiger partial charge in [-0.15, -0.1) is 11.8 Å². The Morgan fingerprint density at radius 2 is 1.76 bits per heavy atom. The highest BCUT2D eigenvalue weighted by molar-refractivity contribution is 8.02. The lowest BCUT2D eigenvalue weighted by Gasteiger charge is -2.35. The molecular formula is C33H37N3O4S. The van der Waals surface area contributed by atoms with E-state index in [4.69, 9.17) is 0 Å². The number of aliphatic hydroxyl groups is 1. The van der Waals surface area contributed by atoms with Crippen LogP contribution in [-0.4, -0.2) is 74.9 Å². The van der Waals surface area contributed by atoms with Gasteiger partial charge in [0, 0.05) is 43.7 Å². The number of aliphatic hydroxyl groups excluding tert-OH is 1. The first-order valence-corrected chi connectivity index (χ1v) is 15.4. The lowest BCUT2D eigenvalue weighted by Crippen LogP contribution is -2.53. The number of amides is 3. The summed E-state index contributed by atoms with van der Waals surface area (Å²) in [6, 6.07) is 15.3. The molecule has 3 amide bonds. The van der Waals surface area contributed by atoms with Gasteiger partial charge in [-0.3, -0.25) is 14.4 Å². The predicted octanol–water partition coefficient (Wildman–Crippen LogP) is 3.87. The summed E-state index contributed by atoms with van der Waals surface area (Å²) in [4.78, 5) is 48.6. The average Bonchev–Trinajstić information content (AvgIpc) is 3.28. The first kappa shape index (κ1) is 27.8. The van der Waals surface area contributed by atoms with E-state index >= 15 is 0 Å². The monoisotopic (exact) mass is 571 g/mol. The van der Waals surface area contributed by atoms with Crippen LogP contribution >= 0.6 is 11.8 Å². The molecule has 0 bridgehead atoms. The molecule has 0 saturated carbocycles. The second-order valence-corrected chi connectivity index (χ2v) is 13.1. The Bertz CT molecular complexity index is 1410. The molecule has 4 aliphatic heterocycles. The van der Waals surface area contributed by atoms with Crippen LogP contribution in [0.3, 0.4) is 0 Å². The highest BCUT2D eigenvalue weighted by Gasteiger charge is 2.71. The van der Waals surface area contributed by atoms with Crippen LogP contribution in [0.1, 0.15) is 29.5 Å². The summed E-state index contributed by atoms with van der Waals surface area (Å²) in [6.07, 6.45) is 9.35. The summed E-state index contributed by atoms with van der Waals surface area (Å²) in [7, 11) is 0. The summed E-state index contributed by atoms with van der Waals surface area (Å²) in [5, 5.41) is 9.27. The molecule has 0 aliphatic carbocycles. The number of fused-ring (bicyclic) bond motifs is 2. The van der Waals surface area contributed by atoms with Gasteiger partial charge in [-0.2, -0.15) is 0 Å². The van der Waals surface area contributed by atoms with E-state index in [0.717, 1.165) is 22.4 Å². The topological polar surface area (TPSA) is 81.2 Å². The number of likely N-dealkylation sites (tertiary alicyclic amines) is 1. The third kappa shape index (κ3) is 4.71. The van der Waals surface area contributed by atoms with Crippen LogP contribution in [0.2, 0.25) is 0 Å². The highest BCUT2D eigenvalue weighted by Crippen LogP contribution is 2.61. The van der Waals surface area contributed by atoms with Gasteiger partial charge in [-0.05, 0) is 49.4 Å². The normalized spacial score (nSPS) is 29.0. The van der Waals surface area contributed by atoms with E-state index in [1.807, 2.05) is 79.4 Å². The quantitative estimate of drug-likeness (QED) is 0.403. The Morgan fingerprint density at radius 3 is 2.54 bits per heavy atom. The number of hydrogen-bond donors (Lipinski definition) is 1. The minimum Gasteiger partial charge on any atom is -0.396 e. The Hall–Kier alpha value is -3.36. The molecule has 2 aromatic rings. The number of thioether (sulfide) groups is 1. The molecule has 1 N–H and O–H groups in total. The highest BCUT2D eigenvalue weighted by atomic mass is 32.2. The number of nitrogens with zero attached hydrogens (tertiary/aromatic N) is 3. The molecule has 0 aromatic heterocycles. The predicted molar refractivity (Wildman–Crippen MR) is 161 cm³/mol. The zero-order valence-electron chi connectivity index (χ0n) is 23.6. The fraction of sp³-hybridized carbons (Fsp3) is 0.424. The number of aryl methyl sites for hydroxylation is 2. The number of hydrogen-bond acceptors (Lipinski definition) is 5. The SMILES string of the molecule is Cc1ccc(C)c(N2CC=C[C@]34S[C@@H]5C=CCN(Cc6ccccc6)C(=O)[C@@H]5[C@H]3C(=O)N(CCCCO)C4C2=O)c1. The molecule has 2 saturated heterocycles. The zero-order valence-corrected chi connectivity index (χ0v) is 24.4. The van der Waals surface area contributed by atoms with Crippen molar-refractivity contribution in [2.45, 2.75) is 49.3 Å². The maximum atomic E-state index is 14.6. The molecule has 1 spiro atoms. The Kier molecular flexibility index (Phi) is 7.55. The van der Waals surface area contributed by atoms with Crippen molar-refractivity contribution < 1.29 is 19.5 Å². The van der Waals surface area contributed by atoms with Crippen molar-refractivity contribution >= 4 is 35.2 Å². The number of anilines is 1. The minimum atomic E-state index is -0.842. The van der Waals surface area contributed by atoms with E-state index in [1.165, 1.54) is 0 Å². The second kappa shape index (κ2) is 11.1. The Balaban J connectivity index is 1.40. The van der Waals surface area contributed by atoms with Gasteiger partial charge >= 0.3 is 0 Å². The average molecular weight is 572 g/mol. The van der Waals surface area contributed by atoms with Crippen LogP contribution in [-0.2, 0) is 20.9 Å². The van der Waals surface area contributed by atoms with Crippen LogP contribution in [0.25, 0.3) is 0 Å². The van der Waals surface area contributed by atoms with Crippen LogP contribution in [0.15, 0.2) is 72.8 Å². The first-order chi connectivity index (χ1) is 19.9. The number of benzene rings is 2. The molecule has 1 unspecified atom stereocenters. The summed E-state index contributed by atoms with van der Waals surface area (Å²) in [5.41, 5.74) is 3.96. The zero-order chi connectivity index (χ0) is 28.7. The smallest absolute Gasteiger partial charge is 0.251 e. The molecule has 214 valence electrons. The van der Waals surface area contributed by atoms with E-state index in [0.29, 0.717) is 39.0 Å². The second-order valence-electron chi connectivity index (χ2n) is 11.6. The summed E-state index contributed by atoms with van der Waals surface area (Å²) >= 11 is 1.61. The largest absolute Gasteiger partial charge is 0.396 e. The van der Waals surface area contributed by atoms with Gasteiger partial charge in [0.1, 0.15) is 6.04 Å². The third-order valence-corrected chi connectivity index (χ3v) is 10.7. The fourth-order valence-electron chi connectivity index (χ4n) is 7.00. The molecule has 41 heavy (non-hydrogen) atoms. The van der Waals surface area contributed by atoms with Gasteiger partial charge in [0.15, 0.2) is 0 Å². The van der Waals surface area contributed by atoms with Crippen molar-refractivity contribution in [2.75, 3.05) is 31.1 Å². The number of rotatable bonds is 7. The molecule has 2 fully saturated rings. The molecule has 6 rings (SSSR count). The molecule has 4 heterocycles. The van der Waals surface area contributed by atoms with Crippen LogP contribution in [0.5, 0.6) is 0 Å². The first-order valence-electron chi connectivity index (χ1n) is 14.5. The minimum absolute atomic E-state index is 0.0287. The van der Waals surface area contributed by atoms with Crippen molar-refractivity contribution in [3.05, 3.63) is 89.5 Å². The summed E-state index contributed by atoms with van der Waals surface area (Å²) < 4.78 is -0.842. The van der Waals surface area contributed by atoms with E-state index in [2.05, 4.69) is 12.2 Å². The van der Waals surface area contributed by atoms with Crippen LogP contribution in [0, 0.1) is 25.7 Å². The van der Waals surface area contributed by atoms with Gasteiger partial charge < -0.3 is 19.8 Å². The number of carbonyl (C=O) groups is 3. The molecule has 4 aliphatic rings. The molecule has 8 heteroatoms. The fourth-order valence-corrected chi connectivity index (χ4v) is 9.00. The van der Waals surface area contributed by atoms with Crippen molar-refractivity contribution in [3.63, 3.8) is 0 Å². The molecule has 7 nitrogen and oxygen atoms in total. The van der Waals surface area contributed by atoms with Crippen molar-refractivity contribution in [2.24, 2.45) is 11.8 Å². The van der Waals surface area contributed by atoms with E-state index in [9.17, 15) is 19.5 Å². The number of carbonyl (C=O) groups excluding carboxylic acids is 3. The van der Waals surface area contributed by atoms with E-state index in [-0.39, 0.29) is 29.6 Å². The lowest BCUT2D eigenvalue weighted by atomic mass is 9.78. The van der Waals surface area contributed by atoms with Gasteiger partial charge in [0.25, 0.3) is 5.91 Å². The molecule has 0 radical (unpaired) electrons. The van der Waals surface area contributed by atoms with Gasteiger partial charge in [-0.1, -0.05) is 66.8 Å². The van der Waals surface area contributed by atoms with Gasteiger partial charge in [-0.25, -0.2) is 0 Å². The number of unbranched alkanes of at least 4 members (excludes halogenated alkanes) is 1. The lowest BCUT2D eigenvalue weighted by molar-refractivity contribution is -0.143. The van der Waals surface area contributed by atoms with Crippen molar-refractivity contribution in [1.29, 1.82) is 0 Å².